The lowest BCUT2D eigenvalue weighted by atomic mass is 10.00. The number of anilines is 1. The molecule has 4 heteroatoms. The Hall–Kier alpha value is -1.13. The van der Waals surface area contributed by atoms with E-state index in [1.165, 1.54) is 0 Å². The zero-order valence-corrected chi connectivity index (χ0v) is 12.8. The lowest BCUT2D eigenvalue weighted by molar-refractivity contribution is 0.249. The Morgan fingerprint density at radius 2 is 2.00 bits per heavy atom. The zero-order valence-electron chi connectivity index (χ0n) is 12.8. The molecule has 1 saturated heterocycles. The maximum Gasteiger partial charge on any atom is 0.123 e. The number of benzene rings is 1. The van der Waals surface area contributed by atoms with Crippen molar-refractivity contribution in [1.82, 2.24) is 4.90 Å². The van der Waals surface area contributed by atoms with Crippen molar-refractivity contribution in [2.45, 2.75) is 38.3 Å². The summed E-state index contributed by atoms with van der Waals surface area (Å²) in [7, 11) is 4.28. The van der Waals surface area contributed by atoms with Crippen molar-refractivity contribution in [1.29, 1.82) is 0 Å². The predicted molar refractivity (Wildman–Crippen MR) is 82.7 cm³/mol. The maximum absolute atomic E-state index is 13.5. The van der Waals surface area contributed by atoms with Gasteiger partial charge in [0.25, 0.3) is 0 Å². The van der Waals surface area contributed by atoms with E-state index in [9.17, 15) is 4.39 Å². The fourth-order valence-corrected chi connectivity index (χ4v) is 3.00. The van der Waals surface area contributed by atoms with Crippen molar-refractivity contribution in [3.63, 3.8) is 0 Å². The summed E-state index contributed by atoms with van der Waals surface area (Å²) < 4.78 is 13.5. The van der Waals surface area contributed by atoms with Crippen LogP contribution in [0.5, 0.6) is 0 Å². The highest BCUT2D eigenvalue weighted by molar-refractivity contribution is 5.54. The van der Waals surface area contributed by atoms with Crippen LogP contribution in [0.3, 0.4) is 0 Å². The Kier molecular flexibility index (Phi) is 5.00. The van der Waals surface area contributed by atoms with E-state index in [-0.39, 0.29) is 11.9 Å². The first-order chi connectivity index (χ1) is 9.47. The van der Waals surface area contributed by atoms with Crippen LogP contribution in [0.4, 0.5) is 10.1 Å². The number of nitrogens with zero attached hydrogens (tertiary/aromatic N) is 2. The van der Waals surface area contributed by atoms with Crippen LogP contribution in [0, 0.1) is 5.82 Å². The molecule has 20 heavy (non-hydrogen) atoms. The molecule has 1 aromatic rings. The normalized spacial score (nSPS) is 18.6. The Bertz CT molecular complexity index is 437. The van der Waals surface area contributed by atoms with Crippen molar-refractivity contribution in [2.75, 3.05) is 32.1 Å². The molecule has 0 radical (unpaired) electrons. The average molecular weight is 279 g/mol. The fourth-order valence-electron chi connectivity index (χ4n) is 3.00. The SMILES string of the molecule is CC(N)Cc1cc(F)ccc1N1CCC(N(C)C)CC1. The van der Waals surface area contributed by atoms with Gasteiger partial charge in [0.2, 0.25) is 0 Å². The molecule has 0 amide bonds. The molecule has 112 valence electrons. The first-order valence-electron chi connectivity index (χ1n) is 7.42. The summed E-state index contributed by atoms with van der Waals surface area (Å²) in [4.78, 5) is 4.67. The molecule has 1 atom stereocenters. The van der Waals surface area contributed by atoms with Gasteiger partial charge in [-0.05, 0) is 64.0 Å². The molecule has 1 aliphatic rings. The fraction of sp³-hybridized carbons (Fsp3) is 0.625. The van der Waals surface area contributed by atoms with Crippen LogP contribution in [0.25, 0.3) is 0 Å². The molecule has 0 spiro atoms. The van der Waals surface area contributed by atoms with E-state index >= 15 is 0 Å². The summed E-state index contributed by atoms with van der Waals surface area (Å²) in [6.45, 7) is 4.02. The number of hydrogen-bond acceptors (Lipinski definition) is 3. The van der Waals surface area contributed by atoms with E-state index < -0.39 is 0 Å². The van der Waals surface area contributed by atoms with Crippen molar-refractivity contribution < 1.29 is 4.39 Å². The molecular weight excluding hydrogens is 253 g/mol. The Labute approximate surface area is 121 Å². The van der Waals surface area contributed by atoms with Gasteiger partial charge in [-0.15, -0.1) is 0 Å². The van der Waals surface area contributed by atoms with Crippen LogP contribution in [0.1, 0.15) is 25.3 Å². The second kappa shape index (κ2) is 6.55. The van der Waals surface area contributed by atoms with Gasteiger partial charge in [-0.1, -0.05) is 0 Å². The minimum atomic E-state index is -0.174. The maximum atomic E-state index is 13.5. The highest BCUT2D eigenvalue weighted by Gasteiger charge is 2.22. The van der Waals surface area contributed by atoms with E-state index in [1.807, 2.05) is 13.0 Å². The van der Waals surface area contributed by atoms with E-state index in [0.29, 0.717) is 6.04 Å². The molecule has 1 aromatic carbocycles. The predicted octanol–water partition coefficient (Wildman–Crippen LogP) is 2.25. The van der Waals surface area contributed by atoms with Crippen LogP contribution >= 0.6 is 0 Å². The molecular formula is C16H26FN3. The van der Waals surface area contributed by atoms with Crippen LogP contribution in [-0.4, -0.2) is 44.2 Å². The van der Waals surface area contributed by atoms with Crippen LogP contribution < -0.4 is 10.6 Å². The Morgan fingerprint density at radius 1 is 1.35 bits per heavy atom. The number of piperidine rings is 1. The van der Waals surface area contributed by atoms with E-state index in [1.54, 1.807) is 12.1 Å². The quantitative estimate of drug-likeness (QED) is 0.917. The van der Waals surface area contributed by atoms with E-state index in [4.69, 9.17) is 5.73 Å². The minimum absolute atomic E-state index is 0.0508. The van der Waals surface area contributed by atoms with Crippen molar-refractivity contribution in [3.8, 4) is 0 Å². The van der Waals surface area contributed by atoms with Crippen molar-refractivity contribution in [3.05, 3.63) is 29.6 Å². The van der Waals surface area contributed by atoms with Gasteiger partial charge in [0, 0.05) is 30.9 Å². The lowest BCUT2D eigenvalue weighted by Crippen LogP contribution is -2.42. The average Bonchev–Trinajstić information content (AvgIpc) is 2.38. The topological polar surface area (TPSA) is 32.5 Å². The van der Waals surface area contributed by atoms with E-state index in [2.05, 4.69) is 23.9 Å². The summed E-state index contributed by atoms with van der Waals surface area (Å²) >= 11 is 0. The number of hydrogen-bond donors (Lipinski definition) is 1. The van der Waals surface area contributed by atoms with Gasteiger partial charge in [-0.25, -0.2) is 4.39 Å². The standard InChI is InChI=1S/C16H26FN3/c1-12(18)10-13-11-14(17)4-5-16(13)20-8-6-15(7-9-20)19(2)3/h4-5,11-12,15H,6-10,18H2,1-3H3. The molecule has 0 bridgehead atoms. The van der Waals surface area contributed by atoms with Crippen LogP contribution in [-0.2, 0) is 6.42 Å². The van der Waals surface area contributed by atoms with Gasteiger partial charge in [-0.3, -0.25) is 0 Å². The van der Waals surface area contributed by atoms with Crippen molar-refractivity contribution >= 4 is 5.69 Å². The van der Waals surface area contributed by atoms with Crippen LogP contribution in [0.15, 0.2) is 18.2 Å². The minimum Gasteiger partial charge on any atom is -0.371 e. The van der Waals surface area contributed by atoms with Gasteiger partial charge < -0.3 is 15.5 Å². The monoisotopic (exact) mass is 279 g/mol. The number of halogens is 1. The molecule has 0 saturated carbocycles. The molecule has 1 aliphatic heterocycles. The first kappa shape index (κ1) is 15.3. The van der Waals surface area contributed by atoms with Gasteiger partial charge in [0.15, 0.2) is 0 Å². The molecule has 1 heterocycles. The third-order valence-electron chi connectivity index (χ3n) is 4.12. The smallest absolute Gasteiger partial charge is 0.123 e. The first-order valence-corrected chi connectivity index (χ1v) is 7.42. The molecule has 2 rings (SSSR count). The molecule has 0 aliphatic carbocycles. The van der Waals surface area contributed by atoms with Gasteiger partial charge >= 0.3 is 0 Å². The lowest BCUT2D eigenvalue weighted by Gasteiger charge is -2.37. The second-order valence-electron chi connectivity index (χ2n) is 6.14. The second-order valence-corrected chi connectivity index (χ2v) is 6.14. The third-order valence-corrected chi connectivity index (χ3v) is 4.12. The summed E-state index contributed by atoms with van der Waals surface area (Å²) in [5, 5.41) is 0. The molecule has 0 aromatic heterocycles. The summed E-state index contributed by atoms with van der Waals surface area (Å²) in [6.07, 6.45) is 3.03. The summed E-state index contributed by atoms with van der Waals surface area (Å²) in [5.74, 6) is -0.174. The third kappa shape index (κ3) is 3.70. The van der Waals surface area contributed by atoms with Crippen LogP contribution in [0.2, 0.25) is 0 Å². The molecule has 2 N–H and O–H groups in total. The number of nitrogens with two attached hydrogens (primary N) is 1. The number of rotatable bonds is 4. The molecule has 3 nitrogen and oxygen atoms in total. The van der Waals surface area contributed by atoms with E-state index in [0.717, 1.165) is 43.6 Å². The molecule has 1 fully saturated rings. The Balaban J connectivity index is 2.13. The summed E-state index contributed by atoms with van der Waals surface area (Å²) in [5.41, 5.74) is 8.07. The molecule has 1 unspecified atom stereocenters. The summed E-state index contributed by atoms with van der Waals surface area (Å²) in [6, 6.07) is 5.80. The zero-order chi connectivity index (χ0) is 14.7. The van der Waals surface area contributed by atoms with Gasteiger partial charge in [0.1, 0.15) is 5.82 Å². The van der Waals surface area contributed by atoms with Crippen molar-refractivity contribution in [2.24, 2.45) is 5.73 Å². The van der Waals surface area contributed by atoms with Gasteiger partial charge in [0.05, 0.1) is 0 Å². The Morgan fingerprint density at radius 3 is 2.55 bits per heavy atom. The highest BCUT2D eigenvalue weighted by Crippen LogP contribution is 2.27. The van der Waals surface area contributed by atoms with Gasteiger partial charge in [-0.2, -0.15) is 0 Å². The largest absolute Gasteiger partial charge is 0.371 e. The highest BCUT2D eigenvalue weighted by atomic mass is 19.1.